The maximum atomic E-state index is 13.4. The molecule has 0 aliphatic carbocycles. The third kappa shape index (κ3) is 1.89. The minimum Gasteiger partial charge on any atom is -0.360 e. The number of hydrogen-bond donors (Lipinski definition) is 1. The van der Waals surface area contributed by atoms with Crippen LogP contribution in [0.4, 0.5) is 4.39 Å². The van der Waals surface area contributed by atoms with Crippen molar-refractivity contribution in [1.82, 2.24) is 9.88 Å². The Morgan fingerprint density at radius 1 is 1.45 bits per heavy atom. The molecule has 2 amide bonds. The topological polar surface area (TPSA) is 53.2 Å². The Kier molecular flexibility index (Phi) is 3.01. The summed E-state index contributed by atoms with van der Waals surface area (Å²) in [5.74, 6) is -1.17. The fourth-order valence-corrected chi connectivity index (χ4v) is 2.84. The largest absolute Gasteiger partial charge is 0.360 e. The summed E-state index contributed by atoms with van der Waals surface area (Å²) in [4.78, 5) is 27.5. The van der Waals surface area contributed by atoms with Gasteiger partial charge in [0.15, 0.2) is 0 Å². The number of aromatic nitrogens is 1. The van der Waals surface area contributed by atoms with Crippen molar-refractivity contribution in [2.75, 3.05) is 7.05 Å². The van der Waals surface area contributed by atoms with Crippen LogP contribution in [-0.4, -0.2) is 28.7 Å². The van der Waals surface area contributed by atoms with E-state index >= 15 is 0 Å². The zero-order valence-corrected chi connectivity index (χ0v) is 11.5. The van der Waals surface area contributed by atoms with Crippen LogP contribution in [0.15, 0.2) is 18.3 Å². The minimum absolute atomic E-state index is 0.0414. The summed E-state index contributed by atoms with van der Waals surface area (Å²) in [6.45, 7) is 0. The van der Waals surface area contributed by atoms with E-state index in [2.05, 4.69) is 4.98 Å². The number of imide groups is 1. The molecule has 1 aliphatic rings. The third-order valence-corrected chi connectivity index (χ3v) is 4.14. The van der Waals surface area contributed by atoms with Crippen LogP contribution in [-0.2, 0) is 16.0 Å². The standard InChI is InChI=1S/C14H12ClFN2O2/c1-18-11(19)5-7(14(18)20)4-8-6-17-13-9(8)2-3-10(16)12(13)15/h2-3,6-7,17H,4-5H2,1H3/t7-/m0/s1. The fraction of sp³-hybridized carbons (Fsp3) is 0.286. The van der Waals surface area contributed by atoms with Gasteiger partial charge in [0.05, 0.1) is 11.4 Å². The quantitative estimate of drug-likeness (QED) is 0.865. The normalized spacial score (nSPS) is 19.4. The van der Waals surface area contributed by atoms with Gasteiger partial charge in [-0.3, -0.25) is 14.5 Å². The number of nitrogens with zero attached hydrogens (tertiary/aromatic N) is 1. The van der Waals surface area contributed by atoms with Gasteiger partial charge in [0.1, 0.15) is 10.8 Å². The number of nitrogens with one attached hydrogen (secondary N) is 1. The Labute approximate surface area is 119 Å². The molecule has 104 valence electrons. The van der Waals surface area contributed by atoms with Gasteiger partial charge in [-0.1, -0.05) is 11.6 Å². The van der Waals surface area contributed by atoms with Crippen molar-refractivity contribution in [2.45, 2.75) is 12.8 Å². The lowest BCUT2D eigenvalue weighted by atomic mass is 9.97. The van der Waals surface area contributed by atoms with Crippen LogP contribution in [0.3, 0.4) is 0 Å². The lowest BCUT2D eigenvalue weighted by Gasteiger charge is -2.08. The van der Waals surface area contributed by atoms with Crippen molar-refractivity contribution in [3.05, 3.63) is 34.7 Å². The molecule has 0 radical (unpaired) electrons. The summed E-state index contributed by atoms with van der Waals surface area (Å²) in [5.41, 5.74) is 1.38. The summed E-state index contributed by atoms with van der Waals surface area (Å²) in [6.07, 6.45) is 2.37. The highest BCUT2D eigenvalue weighted by Crippen LogP contribution is 2.31. The van der Waals surface area contributed by atoms with Gasteiger partial charge in [0.25, 0.3) is 0 Å². The monoisotopic (exact) mass is 294 g/mol. The van der Waals surface area contributed by atoms with Crippen molar-refractivity contribution >= 4 is 34.3 Å². The molecule has 3 rings (SSSR count). The number of fused-ring (bicyclic) bond motifs is 1. The molecule has 0 bridgehead atoms. The van der Waals surface area contributed by atoms with Crippen molar-refractivity contribution in [2.24, 2.45) is 5.92 Å². The fourth-order valence-electron chi connectivity index (χ4n) is 2.62. The molecule has 0 spiro atoms. The van der Waals surface area contributed by atoms with Gasteiger partial charge in [-0.05, 0) is 24.1 Å². The first-order valence-corrected chi connectivity index (χ1v) is 6.61. The van der Waals surface area contributed by atoms with Crippen LogP contribution in [0.5, 0.6) is 0 Å². The second kappa shape index (κ2) is 4.59. The number of aromatic amines is 1. The number of H-pyrrole nitrogens is 1. The maximum Gasteiger partial charge on any atom is 0.232 e. The molecule has 20 heavy (non-hydrogen) atoms. The number of carbonyl (C=O) groups is 2. The number of carbonyl (C=O) groups excluding carboxylic acids is 2. The van der Waals surface area contributed by atoms with Gasteiger partial charge in [-0.25, -0.2) is 4.39 Å². The first-order valence-electron chi connectivity index (χ1n) is 6.23. The smallest absolute Gasteiger partial charge is 0.232 e. The van der Waals surface area contributed by atoms with Crippen LogP contribution >= 0.6 is 11.6 Å². The van der Waals surface area contributed by atoms with Crippen LogP contribution < -0.4 is 0 Å². The average molecular weight is 295 g/mol. The number of amides is 2. The molecular weight excluding hydrogens is 283 g/mol. The third-order valence-electron chi connectivity index (χ3n) is 3.77. The molecule has 1 saturated heterocycles. The van der Waals surface area contributed by atoms with Gasteiger partial charge in [0.2, 0.25) is 11.8 Å². The van der Waals surface area contributed by atoms with E-state index in [1.807, 2.05) is 0 Å². The molecule has 0 unspecified atom stereocenters. The van der Waals surface area contributed by atoms with Gasteiger partial charge in [-0.15, -0.1) is 0 Å². The van der Waals surface area contributed by atoms with E-state index in [1.165, 1.54) is 13.1 Å². The van der Waals surface area contributed by atoms with Crippen molar-refractivity contribution < 1.29 is 14.0 Å². The zero-order valence-electron chi connectivity index (χ0n) is 10.7. The van der Waals surface area contributed by atoms with Crippen LogP contribution in [0, 0.1) is 11.7 Å². The first kappa shape index (κ1) is 13.1. The van der Waals surface area contributed by atoms with E-state index in [9.17, 15) is 14.0 Å². The molecule has 0 saturated carbocycles. The lowest BCUT2D eigenvalue weighted by Crippen LogP contribution is -2.26. The van der Waals surface area contributed by atoms with Crippen molar-refractivity contribution in [3.8, 4) is 0 Å². The van der Waals surface area contributed by atoms with Crippen molar-refractivity contribution in [1.29, 1.82) is 0 Å². The highest BCUT2D eigenvalue weighted by atomic mass is 35.5. The van der Waals surface area contributed by atoms with Crippen LogP contribution in [0.25, 0.3) is 10.9 Å². The average Bonchev–Trinajstić information content (AvgIpc) is 2.93. The van der Waals surface area contributed by atoms with Gasteiger partial charge in [0, 0.05) is 25.1 Å². The zero-order chi connectivity index (χ0) is 14.4. The van der Waals surface area contributed by atoms with E-state index in [0.717, 1.165) is 15.8 Å². The molecule has 1 atom stereocenters. The highest BCUT2D eigenvalue weighted by Gasteiger charge is 2.36. The predicted octanol–water partition coefficient (Wildman–Crippen LogP) is 2.51. The molecular formula is C14H12ClFN2O2. The Morgan fingerprint density at radius 2 is 2.20 bits per heavy atom. The Hall–Kier alpha value is -1.88. The SMILES string of the molecule is CN1C(=O)C[C@H](Cc2c[nH]c3c(Cl)c(F)ccc23)C1=O. The summed E-state index contributed by atoms with van der Waals surface area (Å²) in [5, 5.41) is 0.825. The summed E-state index contributed by atoms with van der Waals surface area (Å²) >= 11 is 5.90. The predicted molar refractivity (Wildman–Crippen MR) is 72.9 cm³/mol. The number of benzene rings is 1. The van der Waals surface area contributed by atoms with Crippen molar-refractivity contribution in [3.63, 3.8) is 0 Å². The molecule has 1 fully saturated rings. The molecule has 4 nitrogen and oxygen atoms in total. The Balaban J connectivity index is 1.95. The number of rotatable bonds is 2. The first-order chi connectivity index (χ1) is 9.49. The van der Waals surface area contributed by atoms with E-state index < -0.39 is 5.82 Å². The molecule has 6 heteroatoms. The minimum atomic E-state index is -0.487. The molecule has 1 aliphatic heterocycles. The number of halogens is 2. The van der Waals surface area contributed by atoms with Gasteiger partial charge >= 0.3 is 0 Å². The number of likely N-dealkylation sites (tertiary alicyclic amines) is 1. The molecule has 1 aromatic heterocycles. The van der Waals surface area contributed by atoms with E-state index in [0.29, 0.717) is 11.9 Å². The Morgan fingerprint density at radius 3 is 2.85 bits per heavy atom. The second-order valence-corrected chi connectivity index (χ2v) is 5.37. The van der Waals surface area contributed by atoms with E-state index in [4.69, 9.17) is 11.6 Å². The van der Waals surface area contributed by atoms with E-state index in [-0.39, 0.29) is 29.2 Å². The van der Waals surface area contributed by atoms with E-state index in [1.54, 1.807) is 12.3 Å². The number of hydrogen-bond acceptors (Lipinski definition) is 2. The molecule has 1 aromatic carbocycles. The summed E-state index contributed by atoms with van der Waals surface area (Å²) < 4.78 is 13.4. The van der Waals surface area contributed by atoms with Gasteiger partial charge in [-0.2, -0.15) is 0 Å². The van der Waals surface area contributed by atoms with Crippen LogP contribution in [0.1, 0.15) is 12.0 Å². The molecule has 2 heterocycles. The second-order valence-electron chi connectivity index (χ2n) is 4.99. The maximum absolute atomic E-state index is 13.4. The molecule has 1 N–H and O–H groups in total. The lowest BCUT2D eigenvalue weighted by molar-refractivity contribution is -0.137. The van der Waals surface area contributed by atoms with Gasteiger partial charge < -0.3 is 4.98 Å². The molecule has 2 aromatic rings. The highest BCUT2D eigenvalue weighted by molar-refractivity contribution is 6.35. The summed E-state index contributed by atoms with van der Waals surface area (Å²) in [6, 6.07) is 2.93. The Bertz CT molecular complexity index is 725. The van der Waals surface area contributed by atoms with Crippen LogP contribution in [0.2, 0.25) is 5.02 Å². The summed E-state index contributed by atoms with van der Waals surface area (Å²) in [7, 11) is 1.49.